The highest BCUT2D eigenvalue weighted by molar-refractivity contribution is 9.10. The van der Waals surface area contributed by atoms with Crippen molar-refractivity contribution in [2.45, 2.75) is 38.3 Å². The third-order valence-corrected chi connectivity index (χ3v) is 9.27. The van der Waals surface area contributed by atoms with Gasteiger partial charge in [-0.25, -0.2) is 8.42 Å². The Balaban J connectivity index is 2.13. The van der Waals surface area contributed by atoms with Crippen LogP contribution in [-0.2, 0) is 26.2 Å². The van der Waals surface area contributed by atoms with Crippen molar-refractivity contribution in [1.82, 2.24) is 10.2 Å². The lowest BCUT2D eigenvalue weighted by atomic mass is 10.1. The maximum Gasteiger partial charge on any atom is 0.265 e. The minimum Gasteiger partial charge on any atom is -0.495 e. The van der Waals surface area contributed by atoms with Gasteiger partial charge in [-0.3, -0.25) is 13.9 Å². The molecule has 238 valence electrons. The molecule has 0 aliphatic heterocycles. The Hall–Kier alpha value is -3.48. The molecule has 0 spiro atoms. The lowest BCUT2D eigenvalue weighted by Crippen LogP contribution is -2.51. The Bertz CT molecular complexity index is 1570. The molecule has 3 rings (SSSR count). The van der Waals surface area contributed by atoms with Gasteiger partial charge in [-0.05, 0) is 60.9 Å². The molecule has 10 nitrogen and oxygen atoms in total. The van der Waals surface area contributed by atoms with Crippen LogP contribution in [-0.4, -0.2) is 65.6 Å². The van der Waals surface area contributed by atoms with E-state index in [9.17, 15) is 18.0 Å². The van der Waals surface area contributed by atoms with E-state index in [4.69, 9.17) is 25.8 Å². The molecule has 3 aromatic rings. The third-order valence-electron chi connectivity index (χ3n) is 6.75. The van der Waals surface area contributed by atoms with Crippen LogP contribution in [0.5, 0.6) is 17.2 Å². The zero-order chi connectivity index (χ0) is 32.6. The van der Waals surface area contributed by atoms with E-state index >= 15 is 0 Å². The second-order valence-electron chi connectivity index (χ2n) is 10.3. The van der Waals surface area contributed by atoms with E-state index in [1.165, 1.54) is 56.6 Å². The van der Waals surface area contributed by atoms with Gasteiger partial charge in [0.2, 0.25) is 11.8 Å². The Morgan fingerprint density at radius 1 is 0.886 bits per heavy atom. The summed E-state index contributed by atoms with van der Waals surface area (Å²) < 4.78 is 46.4. The Labute approximate surface area is 272 Å². The molecular formula is C31H37BrClN3O7S. The maximum atomic E-state index is 14.3. The zero-order valence-corrected chi connectivity index (χ0v) is 28.6. The number of methoxy groups -OCH3 is 3. The number of anilines is 1. The van der Waals surface area contributed by atoms with Crippen LogP contribution in [0.2, 0.25) is 5.02 Å². The highest BCUT2D eigenvalue weighted by Gasteiger charge is 2.34. The first-order valence-electron chi connectivity index (χ1n) is 13.7. The van der Waals surface area contributed by atoms with E-state index in [0.29, 0.717) is 12.3 Å². The van der Waals surface area contributed by atoms with Gasteiger partial charge in [0.15, 0.2) is 11.5 Å². The van der Waals surface area contributed by atoms with Crippen LogP contribution in [0, 0.1) is 5.92 Å². The quantitative estimate of drug-likeness (QED) is 0.235. The third kappa shape index (κ3) is 8.58. The van der Waals surface area contributed by atoms with Crippen LogP contribution in [0.25, 0.3) is 0 Å². The summed E-state index contributed by atoms with van der Waals surface area (Å²) in [5, 5.41) is 3.10. The lowest BCUT2D eigenvalue weighted by molar-refractivity contribution is -0.139. The first-order chi connectivity index (χ1) is 20.8. The molecule has 2 amide bonds. The molecule has 3 aromatic carbocycles. The van der Waals surface area contributed by atoms with E-state index in [2.05, 4.69) is 21.2 Å². The van der Waals surface area contributed by atoms with Crippen molar-refractivity contribution in [2.75, 3.05) is 38.7 Å². The predicted octanol–water partition coefficient (Wildman–Crippen LogP) is 5.51. The lowest BCUT2D eigenvalue weighted by Gasteiger charge is -2.32. The largest absolute Gasteiger partial charge is 0.495 e. The summed E-state index contributed by atoms with van der Waals surface area (Å²) in [7, 11) is -0.218. The number of hydrogen-bond donors (Lipinski definition) is 1. The van der Waals surface area contributed by atoms with Crippen molar-refractivity contribution in [3.63, 3.8) is 0 Å². The normalized spacial score (nSPS) is 11.9. The van der Waals surface area contributed by atoms with Gasteiger partial charge >= 0.3 is 0 Å². The van der Waals surface area contributed by atoms with Crippen molar-refractivity contribution < 1.29 is 32.2 Å². The SMILES string of the molecule is COc1ccc(S(=O)(=O)N(CC(=O)N(Cc2ccc(Br)cc2)C(C)C(=O)NCC(C)C)c2cc(Cl)ccc2OC)cc1OC. The summed E-state index contributed by atoms with van der Waals surface area (Å²) in [4.78, 5) is 28.6. The fourth-order valence-electron chi connectivity index (χ4n) is 4.30. The average Bonchev–Trinajstić information content (AvgIpc) is 3.01. The molecule has 0 aromatic heterocycles. The number of nitrogens with one attached hydrogen (secondary N) is 1. The molecule has 0 aliphatic rings. The summed E-state index contributed by atoms with van der Waals surface area (Å²) >= 11 is 9.72. The molecular weight excluding hydrogens is 674 g/mol. The summed E-state index contributed by atoms with van der Waals surface area (Å²) in [6.07, 6.45) is 0. The molecule has 0 saturated carbocycles. The summed E-state index contributed by atoms with van der Waals surface area (Å²) in [5.41, 5.74) is 0.795. The van der Waals surface area contributed by atoms with Crippen LogP contribution in [0.15, 0.2) is 70.0 Å². The van der Waals surface area contributed by atoms with Gasteiger partial charge in [0, 0.05) is 28.7 Å². The van der Waals surface area contributed by atoms with Crippen molar-refractivity contribution in [2.24, 2.45) is 5.92 Å². The Morgan fingerprint density at radius 3 is 2.09 bits per heavy atom. The summed E-state index contributed by atoms with van der Waals surface area (Å²) in [6.45, 7) is 5.35. The molecule has 0 aliphatic carbocycles. The number of hydrogen-bond acceptors (Lipinski definition) is 7. The molecule has 44 heavy (non-hydrogen) atoms. The number of halogens is 2. The van der Waals surface area contributed by atoms with Crippen LogP contribution in [0.1, 0.15) is 26.3 Å². The standard InChI is InChI=1S/C31H37BrClN3O7S/c1-20(2)17-34-31(38)21(3)35(18-22-7-9-23(32)10-8-22)30(37)19-36(26-15-24(33)11-13-27(26)41-4)44(39,40)25-12-14-28(42-5)29(16-25)43-6/h7-16,20-21H,17-19H2,1-6H3,(H,34,38). The maximum absolute atomic E-state index is 14.3. The van der Waals surface area contributed by atoms with E-state index in [-0.39, 0.29) is 45.5 Å². The summed E-state index contributed by atoms with van der Waals surface area (Å²) in [6, 6.07) is 15.0. The monoisotopic (exact) mass is 709 g/mol. The number of rotatable bonds is 14. The molecule has 0 heterocycles. The number of ether oxygens (including phenoxy) is 3. The predicted molar refractivity (Wildman–Crippen MR) is 174 cm³/mol. The molecule has 0 radical (unpaired) electrons. The second-order valence-corrected chi connectivity index (χ2v) is 13.5. The molecule has 1 N–H and O–H groups in total. The molecule has 0 bridgehead atoms. The van der Waals surface area contributed by atoms with Gasteiger partial charge in [-0.15, -0.1) is 0 Å². The highest BCUT2D eigenvalue weighted by Crippen LogP contribution is 2.37. The first-order valence-corrected chi connectivity index (χ1v) is 16.3. The van der Waals surface area contributed by atoms with E-state index in [1.54, 1.807) is 13.0 Å². The molecule has 0 saturated heterocycles. The Morgan fingerprint density at radius 2 is 1.50 bits per heavy atom. The van der Waals surface area contributed by atoms with Gasteiger partial charge in [0.1, 0.15) is 18.3 Å². The van der Waals surface area contributed by atoms with Crippen LogP contribution in [0.4, 0.5) is 5.69 Å². The van der Waals surface area contributed by atoms with Crippen molar-refractivity contribution in [1.29, 1.82) is 0 Å². The number of amides is 2. The van der Waals surface area contributed by atoms with Gasteiger partial charge in [-0.2, -0.15) is 0 Å². The van der Waals surface area contributed by atoms with Gasteiger partial charge in [-0.1, -0.05) is 53.5 Å². The highest BCUT2D eigenvalue weighted by atomic mass is 79.9. The number of nitrogens with zero attached hydrogens (tertiary/aromatic N) is 2. The van der Waals surface area contributed by atoms with E-state index in [0.717, 1.165) is 14.3 Å². The topological polar surface area (TPSA) is 114 Å². The first kappa shape index (κ1) is 35.0. The Kier molecular flexibility index (Phi) is 12.3. The van der Waals surface area contributed by atoms with E-state index in [1.807, 2.05) is 38.1 Å². The van der Waals surface area contributed by atoms with Crippen LogP contribution >= 0.6 is 27.5 Å². The number of carbonyl (C=O) groups is 2. The van der Waals surface area contributed by atoms with E-state index < -0.39 is 28.5 Å². The number of benzene rings is 3. The van der Waals surface area contributed by atoms with Gasteiger partial charge in [0.25, 0.3) is 10.0 Å². The zero-order valence-electron chi connectivity index (χ0n) is 25.5. The molecule has 0 fully saturated rings. The van der Waals surface area contributed by atoms with Crippen molar-refractivity contribution in [3.8, 4) is 17.2 Å². The second kappa shape index (κ2) is 15.5. The minimum atomic E-state index is -4.43. The minimum absolute atomic E-state index is 0.0450. The molecule has 1 atom stereocenters. The smallest absolute Gasteiger partial charge is 0.265 e. The fraction of sp³-hybridized carbons (Fsp3) is 0.355. The van der Waals surface area contributed by atoms with Crippen molar-refractivity contribution >= 4 is 55.1 Å². The molecule has 1 unspecified atom stereocenters. The van der Waals surface area contributed by atoms with Gasteiger partial charge in [0.05, 0.1) is 31.9 Å². The van der Waals surface area contributed by atoms with Crippen LogP contribution in [0.3, 0.4) is 0 Å². The number of carbonyl (C=O) groups excluding carboxylic acids is 2. The fourth-order valence-corrected chi connectivity index (χ4v) is 6.16. The van der Waals surface area contributed by atoms with Gasteiger partial charge < -0.3 is 24.4 Å². The summed E-state index contributed by atoms with van der Waals surface area (Å²) in [5.74, 6) is -0.0980. The van der Waals surface area contributed by atoms with Crippen LogP contribution < -0.4 is 23.8 Å². The molecule has 13 heteroatoms. The number of sulfonamides is 1. The average molecular weight is 711 g/mol. The van der Waals surface area contributed by atoms with Crippen molar-refractivity contribution in [3.05, 3.63) is 75.7 Å².